The summed E-state index contributed by atoms with van der Waals surface area (Å²) in [6.07, 6.45) is 76.7. The van der Waals surface area contributed by atoms with Gasteiger partial charge in [0.25, 0.3) is 0 Å². The van der Waals surface area contributed by atoms with Gasteiger partial charge in [0.2, 0.25) is 0 Å². The van der Waals surface area contributed by atoms with Crippen molar-refractivity contribution in [3.63, 3.8) is 0 Å². The Morgan fingerprint density at radius 1 is 0.348 bits per heavy atom. The molecule has 0 heterocycles. The SMILES string of the molecule is CC/C=C\C/C=C\C/C=C\C/C=C\C/C=C\CCCCCC(=O)OCC(COCCCCCCCC/C=C\CCCC)OC(=O)CCCCCCCC/C=C\C/C=C\C/C=C\CCCCC. The number of unbranched alkanes of at least 4 members (excludes halogenated alkanes) is 20. The summed E-state index contributed by atoms with van der Waals surface area (Å²) in [6.45, 7) is 7.59. The van der Waals surface area contributed by atoms with E-state index in [4.69, 9.17) is 14.2 Å². The Morgan fingerprint density at radius 2 is 0.697 bits per heavy atom. The number of ether oxygens (including phenoxy) is 3. The number of rotatable bonds is 49. The Morgan fingerprint density at radius 3 is 1.17 bits per heavy atom. The van der Waals surface area contributed by atoms with Gasteiger partial charge in [-0.3, -0.25) is 9.59 Å². The normalized spacial score (nSPS) is 13.1. The van der Waals surface area contributed by atoms with E-state index in [0.717, 1.165) is 109 Å². The van der Waals surface area contributed by atoms with E-state index in [1.165, 1.54) is 96.3 Å². The smallest absolute Gasteiger partial charge is 0.306 e. The van der Waals surface area contributed by atoms with Crippen LogP contribution in [0.3, 0.4) is 0 Å². The van der Waals surface area contributed by atoms with Crippen molar-refractivity contribution in [1.29, 1.82) is 0 Å². The van der Waals surface area contributed by atoms with Crippen molar-refractivity contribution >= 4 is 11.9 Å². The highest BCUT2D eigenvalue weighted by Gasteiger charge is 2.17. The Kier molecular flexibility index (Phi) is 53.0. The lowest BCUT2D eigenvalue weighted by atomic mass is 10.1. The van der Waals surface area contributed by atoms with Gasteiger partial charge in [-0.2, -0.15) is 0 Å². The van der Waals surface area contributed by atoms with Crippen molar-refractivity contribution in [2.45, 2.75) is 245 Å². The minimum absolute atomic E-state index is 0.0543. The van der Waals surface area contributed by atoms with Gasteiger partial charge in [-0.25, -0.2) is 0 Å². The van der Waals surface area contributed by atoms with Crippen molar-refractivity contribution < 1.29 is 23.8 Å². The van der Waals surface area contributed by atoms with E-state index in [-0.39, 0.29) is 25.2 Å². The van der Waals surface area contributed by atoms with Gasteiger partial charge in [-0.1, -0.05) is 214 Å². The molecule has 0 spiro atoms. The average molecular weight is 915 g/mol. The van der Waals surface area contributed by atoms with E-state index in [0.29, 0.717) is 19.4 Å². The van der Waals surface area contributed by atoms with E-state index < -0.39 is 6.10 Å². The maximum atomic E-state index is 12.8. The second-order valence-electron chi connectivity index (χ2n) is 17.7. The summed E-state index contributed by atoms with van der Waals surface area (Å²) in [4.78, 5) is 25.5. The third-order valence-corrected chi connectivity index (χ3v) is 11.3. The van der Waals surface area contributed by atoms with E-state index in [1.807, 2.05) is 0 Å². The second-order valence-corrected chi connectivity index (χ2v) is 17.7. The summed E-state index contributed by atoms with van der Waals surface area (Å²) in [6, 6.07) is 0. The predicted octanol–water partition coefficient (Wildman–Crippen LogP) is 18.8. The van der Waals surface area contributed by atoms with Crippen molar-refractivity contribution in [1.82, 2.24) is 0 Å². The lowest BCUT2D eigenvalue weighted by molar-refractivity contribution is -0.163. The molecule has 376 valence electrons. The first kappa shape index (κ1) is 62.6. The first-order valence-electron chi connectivity index (χ1n) is 27.4. The number of esters is 2. The molecule has 0 aliphatic rings. The quantitative estimate of drug-likeness (QED) is 0.0346. The van der Waals surface area contributed by atoms with E-state index in [9.17, 15) is 9.59 Å². The Bertz CT molecular complexity index is 1310. The molecule has 0 fully saturated rings. The molecule has 0 aliphatic carbocycles. The summed E-state index contributed by atoms with van der Waals surface area (Å²) in [5.41, 5.74) is 0. The van der Waals surface area contributed by atoms with Gasteiger partial charge in [0.1, 0.15) is 6.61 Å². The number of hydrogen-bond acceptors (Lipinski definition) is 5. The largest absolute Gasteiger partial charge is 0.462 e. The van der Waals surface area contributed by atoms with Gasteiger partial charge in [-0.05, 0) is 122 Å². The third-order valence-electron chi connectivity index (χ3n) is 11.3. The van der Waals surface area contributed by atoms with Gasteiger partial charge in [0.05, 0.1) is 6.61 Å². The van der Waals surface area contributed by atoms with Crippen molar-refractivity contribution in [3.05, 3.63) is 109 Å². The molecule has 1 atom stereocenters. The monoisotopic (exact) mass is 915 g/mol. The maximum absolute atomic E-state index is 12.8. The van der Waals surface area contributed by atoms with Crippen LogP contribution in [0.25, 0.3) is 0 Å². The number of carbonyl (C=O) groups excluding carboxylic acids is 2. The molecule has 5 heteroatoms. The molecule has 0 amide bonds. The zero-order chi connectivity index (χ0) is 47.7. The van der Waals surface area contributed by atoms with Crippen LogP contribution < -0.4 is 0 Å². The Hall–Kier alpha value is -3.44. The van der Waals surface area contributed by atoms with Crippen LogP contribution in [-0.4, -0.2) is 37.9 Å². The van der Waals surface area contributed by atoms with Crippen LogP contribution in [0, 0.1) is 0 Å². The zero-order valence-electron chi connectivity index (χ0n) is 43.2. The number of allylic oxidation sites excluding steroid dienone is 18. The first-order chi connectivity index (χ1) is 32.6. The van der Waals surface area contributed by atoms with Crippen LogP contribution in [0.5, 0.6) is 0 Å². The van der Waals surface area contributed by atoms with Crippen LogP contribution in [-0.2, 0) is 23.8 Å². The molecule has 0 rings (SSSR count). The molecule has 0 saturated carbocycles. The molecular formula is C61H102O5. The summed E-state index contributed by atoms with van der Waals surface area (Å²) in [7, 11) is 0. The van der Waals surface area contributed by atoms with Crippen molar-refractivity contribution in [2.24, 2.45) is 0 Å². The van der Waals surface area contributed by atoms with Crippen LogP contribution in [0.2, 0.25) is 0 Å². The van der Waals surface area contributed by atoms with E-state index >= 15 is 0 Å². The van der Waals surface area contributed by atoms with Crippen LogP contribution in [0.1, 0.15) is 239 Å². The highest BCUT2D eigenvalue weighted by atomic mass is 16.6. The van der Waals surface area contributed by atoms with E-state index in [2.05, 4.69) is 130 Å². The minimum Gasteiger partial charge on any atom is -0.462 e. The number of hydrogen-bond donors (Lipinski definition) is 0. The molecule has 0 bridgehead atoms. The molecular weight excluding hydrogens is 813 g/mol. The standard InChI is InChI=1S/C61H102O5/c1-4-7-10-13-16-19-22-25-27-29-31-33-35-37-39-42-45-48-51-54-60(62)65-58-59(57-64-56-53-50-47-44-41-24-21-18-15-12-9-6-3)66-61(63)55-52-49-46-43-40-38-36-34-32-30-28-26-23-20-17-14-11-8-5-2/h7,10,15-20,25-28,31-34,37,39,59H,4-6,8-9,11-14,21-24,29-30,35-36,38,40-58H2,1-3H3/b10-7-,18-15-,19-16-,20-17-,27-25-,28-26-,33-31-,34-32-,39-37-. The summed E-state index contributed by atoms with van der Waals surface area (Å²) in [5, 5.41) is 0. The fourth-order valence-electron chi connectivity index (χ4n) is 7.17. The second kappa shape index (κ2) is 55.9. The summed E-state index contributed by atoms with van der Waals surface area (Å²) in [5.74, 6) is -0.455. The molecule has 0 saturated heterocycles. The average Bonchev–Trinajstić information content (AvgIpc) is 3.32. The highest BCUT2D eigenvalue weighted by molar-refractivity contribution is 5.70. The van der Waals surface area contributed by atoms with Crippen molar-refractivity contribution in [3.8, 4) is 0 Å². The Balaban J connectivity index is 4.36. The topological polar surface area (TPSA) is 61.8 Å². The van der Waals surface area contributed by atoms with Gasteiger partial charge in [0, 0.05) is 19.4 Å². The fraction of sp³-hybridized carbons (Fsp3) is 0.672. The van der Waals surface area contributed by atoms with E-state index in [1.54, 1.807) is 0 Å². The molecule has 66 heavy (non-hydrogen) atoms. The number of carbonyl (C=O) groups is 2. The third kappa shape index (κ3) is 53.2. The predicted molar refractivity (Wildman–Crippen MR) is 288 cm³/mol. The van der Waals surface area contributed by atoms with Gasteiger partial charge in [0.15, 0.2) is 6.10 Å². The van der Waals surface area contributed by atoms with Crippen LogP contribution in [0.15, 0.2) is 109 Å². The first-order valence-corrected chi connectivity index (χ1v) is 27.4. The van der Waals surface area contributed by atoms with Gasteiger partial charge >= 0.3 is 11.9 Å². The maximum Gasteiger partial charge on any atom is 0.306 e. The van der Waals surface area contributed by atoms with Gasteiger partial charge < -0.3 is 14.2 Å². The molecule has 0 aliphatic heterocycles. The fourth-order valence-corrected chi connectivity index (χ4v) is 7.17. The van der Waals surface area contributed by atoms with Crippen LogP contribution >= 0.6 is 0 Å². The lowest BCUT2D eigenvalue weighted by Gasteiger charge is -2.18. The van der Waals surface area contributed by atoms with Gasteiger partial charge in [-0.15, -0.1) is 0 Å². The highest BCUT2D eigenvalue weighted by Crippen LogP contribution is 2.13. The molecule has 5 nitrogen and oxygen atoms in total. The zero-order valence-corrected chi connectivity index (χ0v) is 43.2. The molecule has 0 N–H and O–H groups in total. The summed E-state index contributed by atoms with van der Waals surface area (Å²) >= 11 is 0. The van der Waals surface area contributed by atoms with Crippen LogP contribution in [0.4, 0.5) is 0 Å². The summed E-state index contributed by atoms with van der Waals surface area (Å²) < 4.78 is 17.4. The van der Waals surface area contributed by atoms with Crippen molar-refractivity contribution in [2.75, 3.05) is 19.8 Å². The Labute approximate surface area is 408 Å². The lowest BCUT2D eigenvalue weighted by Crippen LogP contribution is -2.30. The molecule has 1 unspecified atom stereocenters. The molecule has 0 aromatic carbocycles. The molecule has 0 aromatic heterocycles. The molecule has 0 radical (unpaired) electrons. The molecule has 0 aromatic rings. The minimum atomic E-state index is -0.567.